The summed E-state index contributed by atoms with van der Waals surface area (Å²) in [6.07, 6.45) is 1.34. The Kier molecular flexibility index (Phi) is 3.31. The van der Waals surface area contributed by atoms with Crippen molar-refractivity contribution in [2.75, 3.05) is 13.2 Å². The Morgan fingerprint density at radius 3 is 3.00 bits per heavy atom. The summed E-state index contributed by atoms with van der Waals surface area (Å²) in [6.45, 7) is 1.24. The highest BCUT2D eigenvalue weighted by Crippen LogP contribution is 2.16. The van der Waals surface area contributed by atoms with Gasteiger partial charge in [-0.05, 0) is 24.2 Å². The first-order valence-electron chi connectivity index (χ1n) is 5.07. The van der Waals surface area contributed by atoms with Crippen molar-refractivity contribution < 1.29 is 14.6 Å². The molecule has 1 aliphatic rings. The van der Waals surface area contributed by atoms with Crippen LogP contribution < -0.4 is 0 Å². The lowest BCUT2D eigenvalue weighted by atomic mass is 10.1. The summed E-state index contributed by atoms with van der Waals surface area (Å²) < 4.78 is 5.69. The molecule has 0 spiro atoms. The Morgan fingerprint density at radius 2 is 2.25 bits per heavy atom. The first-order chi connectivity index (χ1) is 7.66. The summed E-state index contributed by atoms with van der Waals surface area (Å²) in [5, 5.41) is 8.81. The predicted octanol–water partition coefficient (Wildman–Crippen LogP) is 0.881. The molecule has 0 unspecified atom stereocenters. The molecule has 1 aromatic rings. The highest BCUT2D eigenvalue weighted by molar-refractivity contribution is 7.71. The second-order valence-electron chi connectivity index (χ2n) is 3.63. The third kappa shape index (κ3) is 2.45. The van der Waals surface area contributed by atoms with Crippen LogP contribution in [-0.4, -0.2) is 34.3 Å². The third-order valence-electron chi connectivity index (χ3n) is 2.52. The number of aromatic amines is 1. The van der Waals surface area contributed by atoms with Crippen LogP contribution in [0.1, 0.15) is 17.0 Å². The average Bonchev–Trinajstić information content (AvgIpc) is 2.41. The Balaban J connectivity index is 2.46. The normalized spacial score (nSPS) is 15.2. The van der Waals surface area contributed by atoms with Gasteiger partial charge in [-0.2, -0.15) is 0 Å². The second-order valence-corrected chi connectivity index (χ2v) is 4.02. The van der Waals surface area contributed by atoms with Gasteiger partial charge in [0.05, 0.1) is 25.3 Å². The molecule has 86 valence electrons. The quantitative estimate of drug-likeness (QED) is 0.751. The minimum absolute atomic E-state index is 0.0827. The maximum Gasteiger partial charge on any atom is 0.309 e. The van der Waals surface area contributed by atoms with Crippen LogP contribution in [0.15, 0.2) is 0 Å². The Bertz CT molecular complexity index is 470. The molecule has 2 heterocycles. The molecule has 6 heteroatoms. The van der Waals surface area contributed by atoms with Gasteiger partial charge in [-0.15, -0.1) is 0 Å². The number of fused-ring (bicyclic) bond motifs is 1. The first kappa shape index (κ1) is 11.2. The van der Waals surface area contributed by atoms with Crippen molar-refractivity contribution in [1.82, 2.24) is 9.97 Å². The van der Waals surface area contributed by atoms with Crippen LogP contribution >= 0.6 is 12.2 Å². The standard InChI is InChI=1S/C10H12N2O3S/c13-9(14)5-8-6-1-3-15-4-2-7(6)11-10(16)12-8/h1-5H2,(H,13,14)(H,11,12,16). The minimum atomic E-state index is -0.888. The van der Waals surface area contributed by atoms with Gasteiger partial charge >= 0.3 is 5.97 Å². The number of H-pyrrole nitrogens is 1. The molecule has 5 nitrogen and oxygen atoms in total. The molecule has 1 aromatic heterocycles. The lowest BCUT2D eigenvalue weighted by Gasteiger charge is -2.09. The number of carboxylic acid groups (broad SMARTS) is 1. The summed E-state index contributed by atoms with van der Waals surface area (Å²) in [4.78, 5) is 17.8. The van der Waals surface area contributed by atoms with Crippen LogP contribution in [0.4, 0.5) is 0 Å². The van der Waals surface area contributed by atoms with Crippen molar-refractivity contribution in [2.24, 2.45) is 0 Å². The number of carbonyl (C=O) groups is 1. The maximum absolute atomic E-state index is 10.7. The van der Waals surface area contributed by atoms with Gasteiger partial charge in [-0.1, -0.05) is 0 Å². The van der Waals surface area contributed by atoms with E-state index in [0.717, 1.165) is 17.7 Å². The number of aliphatic carboxylic acids is 1. The van der Waals surface area contributed by atoms with Crippen LogP contribution in [0, 0.1) is 4.77 Å². The predicted molar refractivity (Wildman–Crippen MR) is 59.0 cm³/mol. The van der Waals surface area contributed by atoms with Crippen molar-refractivity contribution in [1.29, 1.82) is 0 Å². The maximum atomic E-state index is 10.7. The van der Waals surface area contributed by atoms with E-state index in [1.54, 1.807) is 0 Å². The Morgan fingerprint density at radius 1 is 1.50 bits per heavy atom. The minimum Gasteiger partial charge on any atom is -0.481 e. The average molecular weight is 240 g/mol. The van der Waals surface area contributed by atoms with Crippen molar-refractivity contribution in [3.63, 3.8) is 0 Å². The molecule has 0 saturated heterocycles. The molecule has 0 atom stereocenters. The van der Waals surface area contributed by atoms with Crippen LogP contribution in [0.5, 0.6) is 0 Å². The molecule has 0 saturated carbocycles. The number of aromatic nitrogens is 2. The van der Waals surface area contributed by atoms with E-state index in [1.807, 2.05) is 0 Å². The van der Waals surface area contributed by atoms with Crippen molar-refractivity contribution in [3.05, 3.63) is 21.7 Å². The molecule has 0 radical (unpaired) electrons. The number of hydrogen-bond acceptors (Lipinski definition) is 4. The topological polar surface area (TPSA) is 75.2 Å². The molecule has 1 aliphatic heterocycles. The fourth-order valence-electron chi connectivity index (χ4n) is 1.85. The van der Waals surface area contributed by atoms with Gasteiger partial charge in [-0.25, -0.2) is 4.98 Å². The fraction of sp³-hybridized carbons (Fsp3) is 0.500. The van der Waals surface area contributed by atoms with Crippen molar-refractivity contribution in [2.45, 2.75) is 19.3 Å². The van der Waals surface area contributed by atoms with E-state index in [9.17, 15) is 4.79 Å². The summed E-state index contributed by atoms with van der Waals surface area (Å²) >= 11 is 4.98. The molecular formula is C10H12N2O3S. The Hall–Kier alpha value is -1.27. The molecule has 0 aliphatic carbocycles. The van der Waals surface area contributed by atoms with Crippen LogP contribution in [0.2, 0.25) is 0 Å². The third-order valence-corrected chi connectivity index (χ3v) is 2.71. The Labute approximate surface area is 97.5 Å². The van der Waals surface area contributed by atoms with Gasteiger partial charge in [0.1, 0.15) is 0 Å². The molecule has 0 aromatic carbocycles. The molecule has 2 rings (SSSR count). The summed E-state index contributed by atoms with van der Waals surface area (Å²) in [7, 11) is 0. The second kappa shape index (κ2) is 4.71. The zero-order valence-electron chi connectivity index (χ0n) is 8.65. The molecule has 16 heavy (non-hydrogen) atoms. The van der Waals surface area contributed by atoms with Crippen molar-refractivity contribution in [3.8, 4) is 0 Å². The lowest BCUT2D eigenvalue weighted by Crippen LogP contribution is -2.11. The van der Waals surface area contributed by atoms with E-state index in [-0.39, 0.29) is 6.42 Å². The number of rotatable bonds is 2. The number of hydrogen-bond donors (Lipinski definition) is 2. The van der Waals surface area contributed by atoms with E-state index >= 15 is 0 Å². The van der Waals surface area contributed by atoms with Gasteiger partial charge in [0.2, 0.25) is 0 Å². The summed E-state index contributed by atoms with van der Waals surface area (Å²) in [5.74, 6) is -0.888. The fourth-order valence-corrected chi connectivity index (χ4v) is 2.08. The highest BCUT2D eigenvalue weighted by atomic mass is 32.1. The monoisotopic (exact) mass is 240 g/mol. The zero-order chi connectivity index (χ0) is 11.5. The number of ether oxygens (including phenoxy) is 1. The number of nitrogens with one attached hydrogen (secondary N) is 1. The molecule has 2 N–H and O–H groups in total. The van der Waals surface area contributed by atoms with Crippen LogP contribution in [0.3, 0.4) is 0 Å². The van der Waals surface area contributed by atoms with Gasteiger partial charge < -0.3 is 14.8 Å². The van der Waals surface area contributed by atoms with Gasteiger partial charge in [-0.3, -0.25) is 4.79 Å². The van der Waals surface area contributed by atoms with Crippen LogP contribution in [0.25, 0.3) is 0 Å². The van der Waals surface area contributed by atoms with Crippen molar-refractivity contribution >= 4 is 18.2 Å². The lowest BCUT2D eigenvalue weighted by molar-refractivity contribution is -0.136. The number of nitrogens with zero attached hydrogens (tertiary/aromatic N) is 1. The largest absolute Gasteiger partial charge is 0.481 e. The summed E-state index contributed by atoms with van der Waals surface area (Å²) in [6, 6.07) is 0. The van der Waals surface area contributed by atoms with Gasteiger partial charge in [0.25, 0.3) is 0 Å². The zero-order valence-corrected chi connectivity index (χ0v) is 9.47. The van der Waals surface area contributed by atoms with E-state index in [1.165, 1.54) is 0 Å². The molecule has 0 fully saturated rings. The molecule has 0 bridgehead atoms. The first-order valence-corrected chi connectivity index (χ1v) is 5.48. The SMILES string of the molecule is O=C(O)Cc1nc(=S)[nH]c2c1CCOCC2. The van der Waals surface area contributed by atoms with Crippen LogP contribution in [-0.2, 0) is 28.8 Å². The number of carboxylic acids is 1. The highest BCUT2D eigenvalue weighted by Gasteiger charge is 2.16. The summed E-state index contributed by atoms with van der Waals surface area (Å²) in [5.41, 5.74) is 2.49. The smallest absolute Gasteiger partial charge is 0.309 e. The van der Waals surface area contributed by atoms with E-state index < -0.39 is 5.97 Å². The molecular weight excluding hydrogens is 228 g/mol. The van der Waals surface area contributed by atoms with Gasteiger partial charge in [0.15, 0.2) is 4.77 Å². The van der Waals surface area contributed by atoms with E-state index in [4.69, 9.17) is 22.1 Å². The van der Waals surface area contributed by atoms with E-state index in [2.05, 4.69) is 9.97 Å². The molecule has 0 amide bonds. The van der Waals surface area contributed by atoms with Gasteiger partial charge in [0, 0.05) is 12.1 Å². The van der Waals surface area contributed by atoms with E-state index in [0.29, 0.717) is 30.1 Å².